The van der Waals surface area contributed by atoms with E-state index < -0.39 is 20.9 Å². The van der Waals surface area contributed by atoms with Crippen LogP contribution in [0.5, 0.6) is 0 Å². The van der Waals surface area contributed by atoms with Crippen molar-refractivity contribution in [3.05, 3.63) is 77.6 Å². The zero-order chi connectivity index (χ0) is 12.4. The predicted octanol–water partition coefficient (Wildman–Crippen LogP) is 3.04. The van der Waals surface area contributed by atoms with Crippen molar-refractivity contribution in [2.24, 2.45) is 0 Å². The summed E-state index contributed by atoms with van der Waals surface area (Å²) < 4.78 is 19.9. The van der Waals surface area contributed by atoms with Crippen LogP contribution < -0.4 is 0 Å². The standard InChI is InChI=1S/C15H10FOTe/c16-13-8-6-11(7-9-13)14-10-15(18-17-14)12-4-2-1-3-5-12/h1-10H. The van der Waals surface area contributed by atoms with Gasteiger partial charge in [0.2, 0.25) is 0 Å². The number of benzene rings is 2. The maximum atomic E-state index is 12.9. The maximum absolute atomic E-state index is 12.9. The van der Waals surface area contributed by atoms with Gasteiger partial charge in [-0.05, 0) is 0 Å². The molecule has 0 spiro atoms. The molecule has 1 nitrogen and oxygen atoms in total. The van der Waals surface area contributed by atoms with Crippen molar-refractivity contribution < 1.29 is 7.49 Å². The molecule has 1 radical (unpaired) electrons. The van der Waals surface area contributed by atoms with Gasteiger partial charge in [0.15, 0.2) is 0 Å². The normalized spacial score (nSPS) is 13.8. The molecule has 0 amide bonds. The predicted molar refractivity (Wildman–Crippen MR) is 71.8 cm³/mol. The van der Waals surface area contributed by atoms with Gasteiger partial charge in [0, 0.05) is 0 Å². The molecular formula is C15H10FOTe. The third-order valence-electron chi connectivity index (χ3n) is 2.67. The van der Waals surface area contributed by atoms with E-state index >= 15 is 0 Å². The summed E-state index contributed by atoms with van der Waals surface area (Å²) in [6.45, 7) is 0. The molecule has 3 rings (SSSR count). The minimum absolute atomic E-state index is 0.221. The SMILES string of the molecule is Fc1ccc(C2=CC(c3ccccc3)=[Te]O2)cc1. The molecule has 1 aliphatic rings. The van der Waals surface area contributed by atoms with Crippen molar-refractivity contribution in [1.82, 2.24) is 0 Å². The Labute approximate surface area is 115 Å². The van der Waals surface area contributed by atoms with Crippen LogP contribution >= 0.6 is 0 Å². The second kappa shape index (κ2) is 5.06. The van der Waals surface area contributed by atoms with Gasteiger partial charge in [0.25, 0.3) is 0 Å². The Bertz CT molecular complexity index is 615. The monoisotopic (exact) mass is 355 g/mol. The van der Waals surface area contributed by atoms with Crippen LogP contribution in [0.15, 0.2) is 60.7 Å². The van der Waals surface area contributed by atoms with Crippen molar-refractivity contribution in [1.29, 1.82) is 0 Å². The Morgan fingerprint density at radius 3 is 2.28 bits per heavy atom. The molecule has 0 aliphatic carbocycles. The van der Waals surface area contributed by atoms with Gasteiger partial charge in [0.05, 0.1) is 0 Å². The van der Waals surface area contributed by atoms with Gasteiger partial charge in [-0.1, -0.05) is 0 Å². The van der Waals surface area contributed by atoms with Crippen LogP contribution in [0.1, 0.15) is 11.1 Å². The Morgan fingerprint density at radius 1 is 0.833 bits per heavy atom. The fourth-order valence-electron chi connectivity index (χ4n) is 1.74. The van der Waals surface area contributed by atoms with Crippen LogP contribution in [0.25, 0.3) is 5.76 Å². The zero-order valence-corrected chi connectivity index (χ0v) is 11.8. The molecule has 0 saturated heterocycles. The number of hydrogen-bond donors (Lipinski definition) is 0. The first kappa shape index (κ1) is 11.6. The molecule has 0 N–H and O–H groups in total. The van der Waals surface area contributed by atoms with Crippen LogP contribution in [-0.4, -0.2) is 24.4 Å². The summed E-state index contributed by atoms with van der Waals surface area (Å²) in [6.07, 6.45) is 2.07. The molecule has 2 aromatic carbocycles. The summed E-state index contributed by atoms with van der Waals surface area (Å²) in [4.78, 5) is 0. The van der Waals surface area contributed by atoms with Gasteiger partial charge in [-0.25, -0.2) is 0 Å². The number of halogens is 1. The number of rotatable bonds is 2. The molecule has 18 heavy (non-hydrogen) atoms. The van der Waals surface area contributed by atoms with Crippen molar-refractivity contribution >= 4 is 30.2 Å². The molecule has 0 unspecified atom stereocenters. The van der Waals surface area contributed by atoms with Crippen LogP contribution in [0.2, 0.25) is 0 Å². The molecule has 0 atom stereocenters. The molecule has 0 saturated carbocycles. The van der Waals surface area contributed by atoms with E-state index in [1.165, 1.54) is 21.2 Å². The summed E-state index contributed by atoms with van der Waals surface area (Å²) >= 11 is -0.630. The molecule has 0 bridgehead atoms. The molecule has 0 fully saturated rings. The second-order valence-electron chi connectivity index (χ2n) is 3.91. The third-order valence-corrected chi connectivity index (χ3v) is 4.94. The van der Waals surface area contributed by atoms with Crippen molar-refractivity contribution in [2.75, 3.05) is 0 Å². The molecule has 1 heterocycles. The fourth-order valence-corrected chi connectivity index (χ4v) is 3.77. The Kier molecular flexibility index (Phi) is 3.27. The summed E-state index contributed by atoms with van der Waals surface area (Å²) in [5.41, 5.74) is 2.16. The van der Waals surface area contributed by atoms with Gasteiger partial charge in [-0.15, -0.1) is 0 Å². The average Bonchev–Trinajstić information content (AvgIpc) is 2.90. The topological polar surface area (TPSA) is 9.23 Å². The second-order valence-corrected chi connectivity index (χ2v) is 6.12. The fraction of sp³-hybridized carbons (Fsp3) is 0. The van der Waals surface area contributed by atoms with Crippen LogP contribution in [-0.2, 0) is 3.10 Å². The summed E-state index contributed by atoms with van der Waals surface area (Å²) in [5, 5.41) is 0. The minimum atomic E-state index is -0.630. The van der Waals surface area contributed by atoms with Crippen LogP contribution in [0.3, 0.4) is 0 Å². The van der Waals surface area contributed by atoms with Crippen LogP contribution in [0.4, 0.5) is 4.39 Å². The third kappa shape index (κ3) is 2.38. The van der Waals surface area contributed by atoms with Gasteiger partial charge in [-0.2, -0.15) is 0 Å². The van der Waals surface area contributed by atoms with Gasteiger partial charge in [-0.3, -0.25) is 0 Å². The van der Waals surface area contributed by atoms with E-state index in [2.05, 4.69) is 18.2 Å². The Hall–Kier alpha value is -1.43. The van der Waals surface area contributed by atoms with Crippen molar-refractivity contribution in [3.63, 3.8) is 0 Å². The first-order valence-corrected chi connectivity index (χ1v) is 7.69. The summed E-state index contributed by atoms with van der Waals surface area (Å²) in [6, 6.07) is 16.7. The van der Waals surface area contributed by atoms with Gasteiger partial charge in [0.1, 0.15) is 0 Å². The Balaban J connectivity index is 1.89. The van der Waals surface area contributed by atoms with Gasteiger partial charge < -0.3 is 0 Å². The van der Waals surface area contributed by atoms with E-state index in [0.29, 0.717) is 0 Å². The van der Waals surface area contributed by atoms with E-state index in [-0.39, 0.29) is 5.82 Å². The van der Waals surface area contributed by atoms with E-state index in [4.69, 9.17) is 3.10 Å². The van der Waals surface area contributed by atoms with Crippen molar-refractivity contribution in [2.45, 2.75) is 0 Å². The Morgan fingerprint density at radius 2 is 1.56 bits per heavy atom. The number of allylic oxidation sites excluding steroid dienone is 1. The van der Waals surface area contributed by atoms with E-state index in [1.54, 1.807) is 12.1 Å². The summed E-state index contributed by atoms with van der Waals surface area (Å²) in [7, 11) is 0. The van der Waals surface area contributed by atoms with Crippen molar-refractivity contribution in [3.8, 4) is 0 Å². The molecule has 3 heteroatoms. The van der Waals surface area contributed by atoms with Gasteiger partial charge >= 0.3 is 115 Å². The van der Waals surface area contributed by atoms with Crippen LogP contribution in [0, 0.1) is 5.82 Å². The molecule has 89 valence electrons. The molecule has 0 aromatic heterocycles. The number of hydrogen-bond acceptors (Lipinski definition) is 1. The summed E-state index contributed by atoms with van der Waals surface area (Å²) in [5.74, 6) is 0.636. The average molecular weight is 353 g/mol. The molecule has 1 aliphatic heterocycles. The zero-order valence-electron chi connectivity index (χ0n) is 9.47. The first-order valence-electron chi connectivity index (χ1n) is 5.57. The molecular weight excluding hydrogens is 343 g/mol. The quantitative estimate of drug-likeness (QED) is 0.755. The van der Waals surface area contributed by atoms with E-state index in [1.807, 2.05) is 18.2 Å². The van der Waals surface area contributed by atoms with E-state index in [9.17, 15) is 4.39 Å². The molecule has 2 aromatic rings. The first-order chi connectivity index (χ1) is 8.83. The van der Waals surface area contributed by atoms with E-state index in [0.717, 1.165) is 11.3 Å².